The van der Waals surface area contributed by atoms with E-state index in [1.54, 1.807) is 23.4 Å². The van der Waals surface area contributed by atoms with Crippen LogP contribution in [0.1, 0.15) is 27.7 Å². The van der Waals surface area contributed by atoms with Crippen LogP contribution in [0.4, 0.5) is 57.4 Å². The molecule has 0 unspecified atom stereocenters. The lowest BCUT2D eigenvalue weighted by molar-refractivity contribution is -0.449. The van der Waals surface area contributed by atoms with Gasteiger partial charge in [-0.1, -0.05) is 24.4 Å². The second-order valence-corrected chi connectivity index (χ2v) is 18.7. The van der Waals surface area contributed by atoms with E-state index in [-0.39, 0.29) is 34.9 Å². The molecular formula is C54H51F4N15O+6. The summed E-state index contributed by atoms with van der Waals surface area (Å²) in [7, 11) is 9.86. The number of hydrogen-bond acceptors (Lipinski definition) is 10. The molecule has 11 rings (SSSR count). The second-order valence-electron chi connectivity index (χ2n) is 18.7. The van der Waals surface area contributed by atoms with Crippen LogP contribution >= 0.6 is 0 Å². The van der Waals surface area contributed by atoms with Gasteiger partial charge in [0.2, 0.25) is 30.0 Å². The van der Waals surface area contributed by atoms with Crippen molar-refractivity contribution in [3.05, 3.63) is 157 Å². The maximum absolute atomic E-state index is 16.1. The number of hydrogen-bond donors (Lipinski definition) is 0. The first-order chi connectivity index (χ1) is 35.5. The Balaban J connectivity index is 1.07. The lowest BCUT2D eigenvalue weighted by Gasteiger charge is -2.27. The van der Waals surface area contributed by atoms with Gasteiger partial charge in [-0.3, -0.25) is 0 Å². The van der Waals surface area contributed by atoms with Crippen LogP contribution in [0.15, 0.2) is 133 Å². The van der Waals surface area contributed by atoms with E-state index >= 15 is 8.78 Å². The fourth-order valence-electron chi connectivity index (χ4n) is 9.30. The molecule has 9 heterocycles. The molecule has 20 heteroatoms. The van der Waals surface area contributed by atoms with Gasteiger partial charge >= 0.3 is 29.4 Å². The van der Waals surface area contributed by atoms with Crippen LogP contribution in [-0.4, -0.2) is 125 Å². The van der Waals surface area contributed by atoms with Crippen molar-refractivity contribution in [1.82, 2.24) is 24.8 Å². The Morgan fingerprint density at radius 2 is 1.05 bits per heavy atom. The Kier molecular flexibility index (Phi) is 11.5. The molecule has 6 aliphatic rings. The number of pyridine rings is 3. The van der Waals surface area contributed by atoms with Crippen molar-refractivity contribution in [3.8, 4) is 34.0 Å². The average Bonchev–Trinajstić information content (AvgIpc) is 4.27. The van der Waals surface area contributed by atoms with Crippen LogP contribution in [0.25, 0.3) is 22.5 Å². The number of halogens is 4. The summed E-state index contributed by atoms with van der Waals surface area (Å²) in [5.41, 5.74) is 8.53. The number of allylic oxidation sites excluding steroid dienone is 4. The summed E-state index contributed by atoms with van der Waals surface area (Å²) < 4.78 is 79.6. The van der Waals surface area contributed by atoms with E-state index in [9.17, 15) is 8.78 Å². The molecule has 0 fully saturated rings. The molecular weight excluding hydrogens is 951 g/mol. The number of nitrogens with zero attached hydrogens (tertiary/aromatic N) is 15. The van der Waals surface area contributed by atoms with E-state index in [1.165, 1.54) is 24.3 Å². The number of aromatic nitrogens is 3. The summed E-state index contributed by atoms with van der Waals surface area (Å²) in [6.45, 7) is 9.35. The highest BCUT2D eigenvalue weighted by molar-refractivity contribution is 5.81. The molecule has 5 aromatic rings. The van der Waals surface area contributed by atoms with Crippen LogP contribution in [0.3, 0.4) is 0 Å². The maximum atomic E-state index is 16.1. The third kappa shape index (κ3) is 8.32. The molecule has 6 aliphatic heterocycles. The third-order valence-electron chi connectivity index (χ3n) is 13.8. The number of benzene rings is 2. The van der Waals surface area contributed by atoms with Gasteiger partial charge in [0, 0.05) is 85.1 Å². The van der Waals surface area contributed by atoms with Crippen LogP contribution in [0.2, 0.25) is 0 Å². The molecule has 0 amide bonds. The van der Waals surface area contributed by atoms with Gasteiger partial charge < -0.3 is 34.1 Å². The molecule has 0 saturated carbocycles. The van der Waals surface area contributed by atoms with Crippen molar-refractivity contribution < 1.29 is 49.8 Å². The minimum absolute atomic E-state index is 0.0434. The molecule has 0 aliphatic carbocycles. The van der Waals surface area contributed by atoms with Crippen molar-refractivity contribution >= 4 is 57.8 Å². The van der Waals surface area contributed by atoms with Gasteiger partial charge in [0.05, 0.1) is 71.7 Å². The second kappa shape index (κ2) is 18.1. The smallest absolute Gasteiger partial charge is 0.452 e. The Morgan fingerprint density at radius 3 is 1.64 bits per heavy atom. The lowest BCUT2D eigenvalue weighted by Crippen LogP contribution is -2.27. The topological polar surface area (TPSA) is 85.4 Å². The number of ether oxygens (including phenoxy) is 1. The number of anilines is 4. The molecule has 3 aromatic heterocycles. The quantitative estimate of drug-likeness (QED) is 0.0727. The zero-order valence-electron chi connectivity index (χ0n) is 42.1. The molecule has 2 aromatic carbocycles. The third-order valence-corrected chi connectivity index (χ3v) is 13.8. The zero-order valence-corrected chi connectivity index (χ0v) is 42.1. The van der Waals surface area contributed by atoms with Gasteiger partial charge in [0.25, 0.3) is 34.7 Å². The van der Waals surface area contributed by atoms with E-state index in [1.807, 2.05) is 124 Å². The van der Waals surface area contributed by atoms with Gasteiger partial charge in [0.1, 0.15) is 5.69 Å². The molecule has 0 bridgehead atoms. The minimum atomic E-state index is -1.12. The van der Waals surface area contributed by atoms with Gasteiger partial charge in [-0.25, -0.2) is 4.98 Å². The van der Waals surface area contributed by atoms with E-state index in [4.69, 9.17) is 4.74 Å². The first kappa shape index (κ1) is 47.1. The molecule has 16 nitrogen and oxygen atoms in total. The fourth-order valence-corrected chi connectivity index (χ4v) is 9.30. The highest BCUT2D eigenvalue weighted by Crippen LogP contribution is 2.49. The molecule has 0 N–H and O–H groups in total. The fraction of sp³-hybridized carbons (Fsp3) is 0.222. The summed E-state index contributed by atoms with van der Waals surface area (Å²) in [6, 6.07) is 26.7. The monoisotopic (exact) mass is 1000 g/mol. The highest BCUT2D eigenvalue weighted by Gasteiger charge is 2.41. The zero-order chi connectivity index (χ0) is 51.9. The maximum Gasteiger partial charge on any atom is 0.495 e. The van der Waals surface area contributed by atoms with Crippen molar-refractivity contribution in [2.45, 2.75) is 27.7 Å². The standard InChI is InChI=1S/C54H51F4N15O/c1-34-36(3)72(31-65(34)8)44-26-49(46(69-20-17-64(7)30-69)24-42(44)67-18-15-62(5)28-67)74-50-27-45(73-32-66(9)35(2)37(73)4)43(68-19-16-63(6)29-68)25-47(50)70-21-22-71(33-70)48-23-39(53(57)61-54(48)58)41-12-10-11-40(59-41)38-13-14-51(55)60-52(38)56/h10-27H,29-30,33H2,1-9H3/q+6. The molecule has 74 heavy (non-hydrogen) atoms. The normalized spacial score (nSPS) is 17.0. The van der Waals surface area contributed by atoms with E-state index in [2.05, 4.69) is 85.5 Å². The predicted octanol–water partition coefficient (Wildman–Crippen LogP) is 9.07. The Hall–Kier alpha value is -9.21. The predicted molar refractivity (Wildman–Crippen MR) is 270 cm³/mol. The Labute approximate surface area is 424 Å². The SMILES string of the molecule is CC1=C(C)[N+](c2cc(Oc3cc([N+]4=C=[N+](C)C(C)=C4C)c([N+]4=C=[N+](C)C=C4)cc3N3C=CN(C)C3)c(N3C=CN(c4cc(-c5cccc(-c6ccc(F)nc6F)n5)c(F)nc4F)C3)cc2N2C=CN(C)C2)=C=[N+]1C. The van der Waals surface area contributed by atoms with E-state index in [0.29, 0.717) is 30.5 Å². The van der Waals surface area contributed by atoms with Gasteiger partial charge in [-0.05, 0) is 45.5 Å². The average molecular weight is 1000 g/mol. The van der Waals surface area contributed by atoms with Gasteiger partial charge in [-0.2, -0.15) is 27.5 Å². The number of rotatable bonds is 11. The van der Waals surface area contributed by atoms with Crippen molar-refractivity contribution in [3.63, 3.8) is 0 Å². The van der Waals surface area contributed by atoms with Crippen molar-refractivity contribution in [1.29, 1.82) is 0 Å². The van der Waals surface area contributed by atoms with E-state index in [0.717, 1.165) is 57.3 Å². The first-order valence-corrected chi connectivity index (χ1v) is 23.6. The molecule has 0 radical (unpaired) electrons. The van der Waals surface area contributed by atoms with Crippen molar-refractivity contribution in [2.75, 3.05) is 74.8 Å². The lowest BCUT2D eigenvalue weighted by atomic mass is 10.1. The van der Waals surface area contributed by atoms with Gasteiger partial charge in [-0.15, -0.1) is 0 Å². The summed E-state index contributed by atoms with van der Waals surface area (Å²) in [5, 5.41) is 0. The minimum Gasteiger partial charge on any atom is -0.452 e. The largest absolute Gasteiger partial charge is 0.495 e. The van der Waals surface area contributed by atoms with Crippen LogP contribution in [0.5, 0.6) is 11.5 Å². The van der Waals surface area contributed by atoms with Crippen LogP contribution < -0.4 is 24.3 Å². The van der Waals surface area contributed by atoms with Gasteiger partial charge in [0.15, 0.2) is 32.6 Å². The van der Waals surface area contributed by atoms with E-state index < -0.39 is 23.8 Å². The summed E-state index contributed by atoms with van der Waals surface area (Å²) >= 11 is 0. The highest BCUT2D eigenvalue weighted by atomic mass is 19.1. The molecule has 0 spiro atoms. The summed E-state index contributed by atoms with van der Waals surface area (Å²) in [5.74, 6) is -3.26. The summed E-state index contributed by atoms with van der Waals surface area (Å²) in [6.07, 6.45) is 15.4. The van der Waals surface area contributed by atoms with Crippen LogP contribution in [-0.2, 0) is 0 Å². The van der Waals surface area contributed by atoms with Crippen molar-refractivity contribution in [2.24, 2.45) is 0 Å². The summed E-state index contributed by atoms with van der Waals surface area (Å²) in [4.78, 5) is 23.4. The first-order valence-electron chi connectivity index (χ1n) is 23.6. The molecule has 370 valence electrons. The molecule has 0 atom stereocenters. The Morgan fingerprint density at radius 1 is 0.500 bits per heavy atom. The Bertz CT molecular complexity index is 3740. The van der Waals surface area contributed by atoms with Crippen LogP contribution in [0, 0.1) is 23.8 Å². The molecule has 0 saturated heterocycles.